The highest BCUT2D eigenvalue weighted by molar-refractivity contribution is 6.23. The van der Waals surface area contributed by atoms with Crippen LogP contribution < -0.4 is 10.2 Å². The normalized spacial score (nSPS) is 27.4. The van der Waals surface area contributed by atoms with Crippen LogP contribution in [0.15, 0.2) is 66.7 Å². The molecule has 1 aliphatic heterocycles. The highest BCUT2D eigenvalue weighted by atomic mass is 16.2. The third kappa shape index (κ3) is 2.66. The average Bonchev–Trinajstić information content (AvgIpc) is 3.36. The molecule has 1 saturated carbocycles. The maximum Gasteiger partial charge on any atom is 0.238 e. The first-order valence-corrected chi connectivity index (χ1v) is 9.62. The summed E-state index contributed by atoms with van der Waals surface area (Å²) >= 11 is 0. The summed E-state index contributed by atoms with van der Waals surface area (Å²) < 4.78 is 0. The van der Waals surface area contributed by atoms with Crippen LogP contribution in [0.1, 0.15) is 12.0 Å². The number of carbonyl (C=O) groups is 3. The van der Waals surface area contributed by atoms with E-state index in [2.05, 4.69) is 17.5 Å². The molecule has 1 heterocycles. The molecule has 5 nitrogen and oxygen atoms in total. The van der Waals surface area contributed by atoms with Crippen molar-refractivity contribution in [3.05, 3.63) is 72.3 Å². The van der Waals surface area contributed by atoms with Crippen LogP contribution in [0, 0.1) is 23.7 Å². The van der Waals surface area contributed by atoms with Gasteiger partial charge in [-0.25, -0.2) is 4.90 Å². The van der Waals surface area contributed by atoms with Crippen molar-refractivity contribution >= 4 is 29.1 Å². The van der Waals surface area contributed by atoms with E-state index in [0.717, 1.165) is 12.0 Å². The lowest BCUT2D eigenvalue weighted by atomic mass is 9.85. The molecule has 140 valence electrons. The number of nitrogens with one attached hydrogen (secondary N) is 1. The molecule has 0 unspecified atom stereocenters. The molecule has 3 amide bonds. The van der Waals surface area contributed by atoms with E-state index in [9.17, 15) is 14.4 Å². The number of anilines is 2. The molecular weight excluding hydrogens is 352 g/mol. The van der Waals surface area contributed by atoms with Crippen molar-refractivity contribution in [2.24, 2.45) is 23.7 Å². The Morgan fingerprint density at radius 2 is 1.61 bits per heavy atom. The topological polar surface area (TPSA) is 66.5 Å². The average molecular weight is 372 g/mol. The number of benzene rings is 2. The molecule has 2 aromatic carbocycles. The minimum Gasteiger partial charge on any atom is -0.326 e. The van der Waals surface area contributed by atoms with Crippen LogP contribution in [0.4, 0.5) is 11.4 Å². The van der Waals surface area contributed by atoms with Gasteiger partial charge in [0.25, 0.3) is 0 Å². The molecule has 0 aromatic heterocycles. The molecule has 2 bridgehead atoms. The Balaban J connectivity index is 1.34. The molecule has 0 spiro atoms. The maximum absolute atomic E-state index is 12.9. The number of carbonyl (C=O) groups excluding carboxylic acids is 3. The molecule has 5 heteroatoms. The highest BCUT2D eigenvalue weighted by Crippen LogP contribution is 2.53. The van der Waals surface area contributed by atoms with Gasteiger partial charge in [0.05, 0.1) is 23.9 Å². The molecule has 1 saturated heterocycles. The third-order valence-electron chi connectivity index (χ3n) is 6.07. The molecule has 1 N–H and O–H groups in total. The van der Waals surface area contributed by atoms with Crippen molar-refractivity contribution in [1.29, 1.82) is 0 Å². The van der Waals surface area contributed by atoms with Gasteiger partial charge in [-0.05, 0) is 42.0 Å². The molecule has 2 aromatic rings. The lowest BCUT2D eigenvalue weighted by molar-refractivity contribution is -0.123. The number of nitrogens with zero attached hydrogens (tertiary/aromatic N) is 1. The zero-order chi connectivity index (χ0) is 19.3. The van der Waals surface area contributed by atoms with E-state index in [4.69, 9.17) is 0 Å². The van der Waals surface area contributed by atoms with Gasteiger partial charge < -0.3 is 5.32 Å². The number of rotatable bonds is 4. The Morgan fingerprint density at radius 1 is 0.929 bits per heavy atom. The Bertz CT molecular complexity index is 968. The number of amides is 3. The smallest absolute Gasteiger partial charge is 0.238 e. The molecule has 0 radical (unpaired) electrons. The number of hydrogen-bond donors (Lipinski definition) is 1. The van der Waals surface area contributed by atoms with Crippen molar-refractivity contribution in [3.63, 3.8) is 0 Å². The first kappa shape index (κ1) is 16.9. The largest absolute Gasteiger partial charge is 0.326 e. The first-order valence-electron chi connectivity index (χ1n) is 9.62. The van der Waals surface area contributed by atoms with Crippen LogP contribution in [0.2, 0.25) is 0 Å². The van der Waals surface area contributed by atoms with Gasteiger partial charge in [0.15, 0.2) is 0 Å². The lowest BCUT2D eigenvalue weighted by Gasteiger charge is -2.18. The van der Waals surface area contributed by atoms with Gasteiger partial charge in [0, 0.05) is 5.69 Å². The quantitative estimate of drug-likeness (QED) is 0.662. The molecule has 3 aliphatic rings. The van der Waals surface area contributed by atoms with E-state index in [1.54, 1.807) is 24.3 Å². The number of imide groups is 1. The van der Waals surface area contributed by atoms with Gasteiger partial charge in [-0.2, -0.15) is 0 Å². The van der Waals surface area contributed by atoms with E-state index in [1.165, 1.54) is 4.90 Å². The van der Waals surface area contributed by atoms with E-state index in [-0.39, 0.29) is 47.8 Å². The Kier molecular flexibility index (Phi) is 3.90. The van der Waals surface area contributed by atoms with Crippen LogP contribution >= 0.6 is 0 Å². The summed E-state index contributed by atoms with van der Waals surface area (Å²) in [6, 6.07) is 16.5. The molecule has 2 aliphatic carbocycles. The number of fused-ring (bicyclic) bond motifs is 5. The van der Waals surface area contributed by atoms with E-state index >= 15 is 0 Å². The van der Waals surface area contributed by atoms with Gasteiger partial charge in [0.2, 0.25) is 17.7 Å². The van der Waals surface area contributed by atoms with Crippen LogP contribution in [0.5, 0.6) is 0 Å². The third-order valence-corrected chi connectivity index (χ3v) is 6.07. The summed E-state index contributed by atoms with van der Waals surface area (Å²) in [5, 5.41) is 2.86. The Morgan fingerprint density at radius 3 is 2.29 bits per heavy atom. The van der Waals surface area contributed by atoms with E-state index < -0.39 is 0 Å². The minimum atomic E-state index is -0.223. The lowest BCUT2D eigenvalue weighted by Crippen LogP contribution is -2.32. The van der Waals surface area contributed by atoms with Crippen molar-refractivity contribution in [3.8, 4) is 0 Å². The Labute approximate surface area is 163 Å². The molecule has 28 heavy (non-hydrogen) atoms. The molecule has 5 rings (SSSR count). The monoisotopic (exact) mass is 372 g/mol. The van der Waals surface area contributed by atoms with Crippen molar-refractivity contribution in [2.75, 3.05) is 10.2 Å². The second-order valence-corrected chi connectivity index (χ2v) is 7.77. The van der Waals surface area contributed by atoms with Crippen LogP contribution in [0.25, 0.3) is 0 Å². The van der Waals surface area contributed by atoms with Gasteiger partial charge >= 0.3 is 0 Å². The molecule has 2 fully saturated rings. The summed E-state index contributed by atoms with van der Waals surface area (Å²) in [7, 11) is 0. The first-order chi connectivity index (χ1) is 13.6. The van der Waals surface area contributed by atoms with E-state index in [0.29, 0.717) is 11.4 Å². The fraction of sp³-hybridized carbons (Fsp3) is 0.261. The minimum absolute atomic E-state index is 0.111. The van der Waals surface area contributed by atoms with Crippen molar-refractivity contribution in [1.82, 2.24) is 0 Å². The van der Waals surface area contributed by atoms with Gasteiger partial charge in [-0.1, -0.05) is 48.6 Å². The van der Waals surface area contributed by atoms with Gasteiger partial charge in [0.1, 0.15) is 0 Å². The van der Waals surface area contributed by atoms with Crippen LogP contribution in [-0.4, -0.2) is 17.7 Å². The molecule has 4 atom stereocenters. The van der Waals surface area contributed by atoms with Crippen molar-refractivity contribution in [2.45, 2.75) is 12.8 Å². The second kappa shape index (κ2) is 6.44. The molecular formula is C23H20N2O3. The number of allylic oxidation sites excluding steroid dienone is 2. The SMILES string of the molecule is O=C(Cc1ccccc1)Nc1cccc(N2C(=O)[C@H]3[C@H](C2=O)[C@H]2C=C[C@H]3C2)c1. The Hall–Kier alpha value is -3.21. The summed E-state index contributed by atoms with van der Waals surface area (Å²) in [6.07, 6.45) is 5.35. The zero-order valence-corrected chi connectivity index (χ0v) is 15.2. The predicted molar refractivity (Wildman–Crippen MR) is 105 cm³/mol. The van der Waals surface area contributed by atoms with E-state index in [1.807, 2.05) is 30.3 Å². The van der Waals surface area contributed by atoms with Crippen molar-refractivity contribution < 1.29 is 14.4 Å². The predicted octanol–water partition coefficient (Wildman–Crippen LogP) is 3.18. The fourth-order valence-electron chi connectivity index (χ4n) is 4.87. The summed E-state index contributed by atoms with van der Waals surface area (Å²) in [4.78, 5) is 39.5. The van der Waals surface area contributed by atoms with Crippen LogP contribution in [0.3, 0.4) is 0 Å². The van der Waals surface area contributed by atoms with Gasteiger partial charge in [-0.15, -0.1) is 0 Å². The maximum atomic E-state index is 12.9. The zero-order valence-electron chi connectivity index (χ0n) is 15.2. The number of hydrogen-bond acceptors (Lipinski definition) is 3. The second-order valence-electron chi connectivity index (χ2n) is 7.77. The summed E-state index contributed by atoms with van der Waals surface area (Å²) in [6.45, 7) is 0. The van der Waals surface area contributed by atoms with Crippen LogP contribution in [-0.2, 0) is 20.8 Å². The summed E-state index contributed by atoms with van der Waals surface area (Å²) in [5.41, 5.74) is 2.04. The van der Waals surface area contributed by atoms with Gasteiger partial charge in [-0.3, -0.25) is 14.4 Å². The fourth-order valence-corrected chi connectivity index (χ4v) is 4.87. The highest BCUT2D eigenvalue weighted by Gasteiger charge is 2.59. The standard InChI is InChI=1S/C23H20N2O3/c26-19(11-14-5-2-1-3-6-14)24-17-7-4-8-18(13-17)25-22(27)20-15-9-10-16(12-15)21(20)23(25)28/h1-10,13,15-16,20-21H,11-12H2,(H,24,26)/t15-,16-,20+,21+/m0/s1. The summed E-state index contributed by atoms with van der Waals surface area (Å²) in [5.74, 6) is -0.436.